The van der Waals surface area contributed by atoms with E-state index in [0.29, 0.717) is 44.5 Å². The fourth-order valence-corrected chi connectivity index (χ4v) is 4.65. The van der Waals surface area contributed by atoms with E-state index >= 15 is 0 Å². The number of hydrogen-bond acceptors (Lipinski definition) is 3. The molecule has 2 aromatic rings. The number of carbonyl (C=O) groups excluding carboxylic acids is 2. The second-order valence-electron chi connectivity index (χ2n) is 8.21. The highest BCUT2D eigenvalue weighted by Crippen LogP contribution is 2.41. The molecule has 1 atom stereocenters. The molecule has 152 valence electrons. The number of amides is 2. The lowest BCUT2D eigenvalue weighted by molar-refractivity contribution is -0.154. The minimum absolute atomic E-state index is 0.0722. The maximum absolute atomic E-state index is 13.5. The van der Waals surface area contributed by atoms with E-state index in [0.717, 1.165) is 11.1 Å². The standard InChI is InChI=1S/C23H25FN2O3/c1-25-15-20(27)14-23(22(25)29)8-10-26(11-9-23)21(28)18-6-2-4-16(12-18)17-5-3-7-19(24)13-17/h2-7,12-13,20,27H,8-11,14-15H2,1H3. The summed E-state index contributed by atoms with van der Waals surface area (Å²) < 4.78 is 13.5. The van der Waals surface area contributed by atoms with Crippen molar-refractivity contribution in [3.63, 3.8) is 0 Å². The number of rotatable bonds is 2. The number of β-amino-alcohol motifs (C(OH)–C–C–N with tert-alkyl or cyclic N) is 1. The summed E-state index contributed by atoms with van der Waals surface area (Å²) in [4.78, 5) is 29.1. The van der Waals surface area contributed by atoms with Crippen molar-refractivity contribution in [2.75, 3.05) is 26.7 Å². The van der Waals surface area contributed by atoms with Crippen molar-refractivity contribution in [1.82, 2.24) is 9.80 Å². The topological polar surface area (TPSA) is 60.9 Å². The zero-order valence-corrected chi connectivity index (χ0v) is 16.5. The third-order valence-electron chi connectivity index (χ3n) is 6.19. The number of halogens is 1. The predicted octanol–water partition coefficient (Wildman–Crippen LogP) is 2.94. The highest BCUT2D eigenvalue weighted by atomic mass is 19.1. The zero-order chi connectivity index (χ0) is 20.6. The fourth-order valence-electron chi connectivity index (χ4n) is 4.65. The lowest BCUT2D eigenvalue weighted by Crippen LogP contribution is -2.56. The van der Waals surface area contributed by atoms with Crippen LogP contribution in [-0.4, -0.2) is 59.5 Å². The number of carbonyl (C=O) groups is 2. The van der Waals surface area contributed by atoms with E-state index < -0.39 is 11.5 Å². The lowest BCUT2D eigenvalue weighted by atomic mass is 9.71. The molecule has 2 amide bonds. The van der Waals surface area contributed by atoms with Gasteiger partial charge in [-0.1, -0.05) is 24.3 Å². The molecule has 0 aliphatic carbocycles. The summed E-state index contributed by atoms with van der Waals surface area (Å²) >= 11 is 0. The van der Waals surface area contributed by atoms with Gasteiger partial charge in [-0.2, -0.15) is 0 Å². The number of hydrogen-bond donors (Lipinski definition) is 1. The molecular formula is C23H25FN2O3. The molecule has 5 nitrogen and oxygen atoms in total. The van der Waals surface area contributed by atoms with Gasteiger partial charge in [0, 0.05) is 32.2 Å². The maximum atomic E-state index is 13.5. The molecule has 0 saturated carbocycles. The monoisotopic (exact) mass is 396 g/mol. The summed E-state index contributed by atoms with van der Waals surface area (Å²) in [6.45, 7) is 1.33. The van der Waals surface area contributed by atoms with Crippen molar-refractivity contribution < 1.29 is 19.1 Å². The molecule has 0 bridgehead atoms. The van der Waals surface area contributed by atoms with E-state index in [2.05, 4.69) is 0 Å². The summed E-state index contributed by atoms with van der Waals surface area (Å²) in [6.07, 6.45) is 1.07. The van der Waals surface area contributed by atoms with Gasteiger partial charge in [-0.25, -0.2) is 4.39 Å². The summed E-state index contributed by atoms with van der Waals surface area (Å²) in [7, 11) is 1.72. The van der Waals surface area contributed by atoms with Crippen LogP contribution in [0.25, 0.3) is 11.1 Å². The smallest absolute Gasteiger partial charge is 0.253 e. The van der Waals surface area contributed by atoms with Gasteiger partial charge in [-0.3, -0.25) is 9.59 Å². The largest absolute Gasteiger partial charge is 0.391 e. The van der Waals surface area contributed by atoms with Gasteiger partial charge in [-0.05, 0) is 54.7 Å². The maximum Gasteiger partial charge on any atom is 0.253 e. The third-order valence-corrected chi connectivity index (χ3v) is 6.19. The highest BCUT2D eigenvalue weighted by Gasteiger charge is 2.48. The Hall–Kier alpha value is -2.73. The van der Waals surface area contributed by atoms with Gasteiger partial charge in [-0.15, -0.1) is 0 Å². The molecule has 1 spiro atoms. The van der Waals surface area contributed by atoms with Gasteiger partial charge in [0.05, 0.1) is 11.5 Å². The molecule has 0 radical (unpaired) electrons. The molecule has 0 aromatic heterocycles. The Balaban J connectivity index is 1.49. The first kappa shape index (κ1) is 19.6. The first-order valence-corrected chi connectivity index (χ1v) is 9.97. The van der Waals surface area contributed by atoms with Gasteiger partial charge in [0.25, 0.3) is 5.91 Å². The van der Waals surface area contributed by atoms with Crippen LogP contribution in [0.4, 0.5) is 4.39 Å². The number of nitrogens with zero attached hydrogens (tertiary/aromatic N) is 2. The molecule has 29 heavy (non-hydrogen) atoms. The van der Waals surface area contributed by atoms with Gasteiger partial charge in [0.15, 0.2) is 0 Å². The highest BCUT2D eigenvalue weighted by molar-refractivity contribution is 5.96. The van der Waals surface area contributed by atoms with Crippen molar-refractivity contribution >= 4 is 11.8 Å². The molecule has 6 heteroatoms. The van der Waals surface area contributed by atoms with Crippen molar-refractivity contribution in [3.05, 3.63) is 59.9 Å². The number of aliphatic hydroxyl groups is 1. The van der Waals surface area contributed by atoms with Gasteiger partial charge in [0.1, 0.15) is 5.82 Å². The molecule has 1 unspecified atom stereocenters. The normalized spacial score (nSPS) is 21.5. The molecular weight excluding hydrogens is 371 g/mol. The van der Waals surface area contributed by atoms with Crippen LogP contribution < -0.4 is 0 Å². The Morgan fingerprint density at radius 2 is 1.76 bits per heavy atom. The molecule has 2 fully saturated rings. The van der Waals surface area contributed by atoms with E-state index in [1.54, 1.807) is 41.1 Å². The van der Waals surface area contributed by atoms with Crippen LogP contribution in [0.1, 0.15) is 29.6 Å². The second kappa shape index (κ2) is 7.59. The van der Waals surface area contributed by atoms with E-state index in [1.165, 1.54) is 12.1 Å². The Morgan fingerprint density at radius 1 is 1.10 bits per heavy atom. The predicted molar refractivity (Wildman–Crippen MR) is 108 cm³/mol. The molecule has 2 heterocycles. The minimum atomic E-state index is -0.563. The summed E-state index contributed by atoms with van der Waals surface area (Å²) in [5.41, 5.74) is 1.50. The van der Waals surface area contributed by atoms with Crippen molar-refractivity contribution in [3.8, 4) is 11.1 Å². The van der Waals surface area contributed by atoms with Crippen LogP contribution in [0, 0.1) is 11.2 Å². The van der Waals surface area contributed by atoms with E-state index in [-0.39, 0.29) is 17.6 Å². The van der Waals surface area contributed by atoms with Crippen molar-refractivity contribution in [2.45, 2.75) is 25.4 Å². The Labute approximate surface area is 169 Å². The summed E-state index contributed by atoms with van der Waals surface area (Å²) in [6, 6.07) is 13.5. The summed E-state index contributed by atoms with van der Waals surface area (Å²) in [5.74, 6) is -0.330. The zero-order valence-electron chi connectivity index (χ0n) is 16.5. The van der Waals surface area contributed by atoms with Crippen LogP contribution in [0.15, 0.2) is 48.5 Å². The SMILES string of the molecule is CN1CC(O)CC2(CCN(C(=O)c3cccc(-c4cccc(F)c4)c3)CC2)C1=O. The van der Waals surface area contributed by atoms with E-state index in [4.69, 9.17) is 0 Å². The molecule has 4 rings (SSSR count). The van der Waals surface area contributed by atoms with Crippen LogP contribution in [0.3, 0.4) is 0 Å². The second-order valence-corrected chi connectivity index (χ2v) is 8.21. The first-order valence-electron chi connectivity index (χ1n) is 9.97. The van der Waals surface area contributed by atoms with Gasteiger partial charge in [0.2, 0.25) is 5.91 Å². The van der Waals surface area contributed by atoms with E-state index in [1.807, 2.05) is 12.1 Å². The number of likely N-dealkylation sites (N-methyl/N-ethyl adjacent to an activating group) is 1. The molecule has 1 N–H and O–H groups in total. The van der Waals surface area contributed by atoms with Crippen molar-refractivity contribution in [2.24, 2.45) is 5.41 Å². The minimum Gasteiger partial charge on any atom is -0.391 e. The van der Waals surface area contributed by atoms with Crippen molar-refractivity contribution in [1.29, 1.82) is 0 Å². The number of benzene rings is 2. The number of aliphatic hydroxyl groups excluding tert-OH is 1. The number of likely N-dealkylation sites (tertiary alicyclic amines) is 2. The molecule has 2 aliphatic heterocycles. The molecule has 2 saturated heterocycles. The Kier molecular flexibility index (Phi) is 5.13. The summed E-state index contributed by atoms with van der Waals surface area (Å²) in [5, 5.41) is 10.1. The average molecular weight is 396 g/mol. The Morgan fingerprint density at radius 3 is 2.45 bits per heavy atom. The molecule has 2 aliphatic rings. The van der Waals surface area contributed by atoms with Crippen LogP contribution in [0.5, 0.6) is 0 Å². The van der Waals surface area contributed by atoms with Gasteiger partial charge >= 0.3 is 0 Å². The fraction of sp³-hybridized carbons (Fsp3) is 0.391. The average Bonchev–Trinajstić information content (AvgIpc) is 2.72. The quantitative estimate of drug-likeness (QED) is 0.849. The third kappa shape index (κ3) is 3.77. The molecule has 2 aromatic carbocycles. The number of piperidine rings is 2. The Bertz CT molecular complexity index is 937. The lowest BCUT2D eigenvalue weighted by Gasteiger charge is -2.47. The van der Waals surface area contributed by atoms with Crippen LogP contribution in [0.2, 0.25) is 0 Å². The van der Waals surface area contributed by atoms with Gasteiger partial charge < -0.3 is 14.9 Å². The van der Waals surface area contributed by atoms with Crippen LogP contribution in [-0.2, 0) is 4.79 Å². The van der Waals surface area contributed by atoms with E-state index in [9.17, 15) is 19.1 Å². The van der Waals surface area contributed by atoms with Crippen LogP contribution >= 0.6 is 0 Å². The first-order chi connectivity index (χ1) is 13.9.